The fraction of sp³-hybridized carbons (Fsp3) is 0.267. The number of hydrogen-bond acceptors (Lipinski definition) is 4. The first-order valence-electron chi connectivity index (χ1n) is 6.74. The van der Waals surface area contributed by atoms with Crippen LogP contribution in [0.15, 0.2) is 53.7 Å². The summed E-state index contributed by atoms with van der Waals surface area (Å²) in [5.41, 5.74) is 1.53. The molecule has 5 nitrogen and oxygen atoms in total. The summed E-state index contributed by atoms with van der Waals surface area (Å²) in [6, 6.07) is 10.6. The average molecular weight is 305 g/mol. The van der Waals surface area contributed by atoms with Crippen LogP contribution in [0.4, 0.5) is 5.69 Å². The number of rotatable bonds is 6. The van der Waals surface area contributed by atoms with E-state index in [4.69, 9.17) is 0 Å². The van der Waals surface area contributed by atoms with Gasteiger partial charge >= 0.3 is 0 Å². The predicted octanol–water partition coefficient (Wildman–Crippen LogP) is 2.33. The molecule has 0 fully saturated rings. The monoisotopic (exact) mass is 305 g/mol. The number of sulfonamides is 1. The Labute approximate surface area is 125 Å². The van der Waals surface area contributed by atoms with Crippen molar-refractivity contribution in [2.24, 2.45) is 0 Å². The fourth-order valence-corrected chi connectivity index (χ4v) is 3.35. The third-order valence-electron chi connectivity index (χ3n) is 3.10. The summed E-state index contributed by atoms with van der Waals surface area (Å²) in [7, 11) is -1.96. The van der Waals surface area contributed by atoms with Crippen LogP contribution in [0.3, 0.4) is 0 Å². The summed E-state index contributed by atoms with van der Waals surface area (Å²) < 4.78 is 26.8. The van der Waals surface area contributed by atoms with Crippen LogP contribution in [0.1, 0.15) is 12.5 Å². The molecule has 6 heteroatoms. The van der Waals surface area contributed by atoms with Crippen molar-refractivity contribution < 1.29 is 8.42 Å². The Bertz CT molecular complexity index is 687. The van der Waals surface area contributed by atoms with Gasteiger partial charge in [0.15, 0.2) is 0 Å². The molecule has 0 amide bonds. The summed E-state index contributed by atoms with van der Waals surface area (Å²) in [5.74, 6) is 0. The minimum absolute atomic E-state index is 0.295. The lowest BCUT2D eigenvalue weighted by Crippen LogP contribution is -2.27. The first-order valence-corrected chi connectivity index (χ1v) is 8.18. The minimum atomic E-state index is -3.54. The summed E-state index contributed by atoms with van der Waals surface area (Å²) in [6.07, 6.45) is 3.31. The Morgan fingerprint density at radius 3 is 2.48 bits per heavy atom. The van der Waals surface area contributed by atoms with Crippen molar-refractivity contribution in [1.29, 1.82) is 0 Å². The van der Waals surface area contributed by atoms with E-state index < -0.39 is 10.0 Å². The Morgan fingerprint density at radius 1 is 1.14 bits per heavy atom. The molecule has 1 aromatic carbocycles. The van der Waals surface area contributed by atoms with Gasteiger partial charge in [-0.05, 0) is 36.8 Å². The Kier molecular flexibility index (Phi) is 4.93. The molecule has 0 aliphatic heterocycles. The lowest BCUT2D eigenvalue weighted by Gasteiger charge is -2.19. The number of nitrogens with one attached hydrogen (secondary N) is 1. The zero-order valence-electron chi connectivity index (χ0n) is 12.2. The highest BCUT2D eigenvalue weighted by Gasteiger charge is 2.23. The third-order valence-corrected chi connectivity index (χ3v) is 4.96. The van der Waals surface area contributed by atoms with Gasteiger partial charge in [0.1, 0.15) is 4.90 Å². The predicted molar refractivity (Wildman–Crippen MR) is 83.5 cm³/mol. The van der Waals surface area contributed by atoms with Crippen molar-refractivity contribution in [1.82, 2.24) is 9.29 Å². The van der Waals surface area contributed by atoms with Crippen LogP contribution < -0.4 is 5.32 Å². The van der Waals surface area contributed by atoms with Crippen LogP contribution in [0.2, 0.25) is 0 Å². The number of benzene rings is 1. The third kappa shape index (κ3) is 3.59. The number of hydrogen-bond donors (Lipinski definition) is 1. The second-order valence-corrected chi connectivity index (χ2v) is 6.66. The van der Waals surface area contributed by atoms with Gasteiger partial charge in [-0.25, -0.2) is 8.42 Å². The van der Waals surface area contributed by atoms with Crippen molar-refractivity contribution in [3.05, 3.63) is 54.4 Å². The van der Waals surface area contributed by atoms with E-state index in [1.807, 2.05) is 25.1 Å². The van der Waals surface area contributed by atoms with Crippen LogP contribution >= 0.6 is 0 Å². The number of para-hydroxylation sites is 1. The fourth-order valence-electron chi connectivity index (χ4n) is 2.03. The molecule has 0 spiro atoms. The molecule has 21 heavy (non-hydrogen) atoms. The van der Waals surface area contributed by atoms with Crippen LogP contribution in [-0.2, 0) is 16.6 Å². The highest BCUT2D eigenvalue weighted by molar-refractivity contribution is 7.89. The van der Waals surface area contributed by atoms with Gasteiger partial charge < -0.3 is 5.32 Å². The zero-order chi connectivity index (χ0) is 15.3. The molecule has 0 unspecified atom stereocenters. The van der Waals surface area contributed by atoms with E-state index in [0.29, 0.717) is 23.7 Å². The summed E-state index contributed by atoms with van der Waals surface area (Å²) in [5, 5.41) is 3.09. The first kappa shape index (κ1) is 15.5. The van der Waals surface area contributed by atoms with E-state index in [9.17, 15) is 8.42 Å². The van der Waals surface area contributed by atoms with Crippen LogP contribution in [0.25, 0.3) is 0 Å². The lowest BCUT2D eigenvalue weighted by molar-refractivity contribution is 0.467. The van der Waals surface area contributed by atoms with Crippen LogP contribution in [0.5, 0.6) is 0 Å². The van der Waals surface area contributed by atoms with Crippen molar-refractivity contribution in [3.63, 3.8) is 0 Å². The standard InChI is InChI=1S/C15H19N3O2S/c1-3-17-14-6-4-5-7-15(14)21(19,20)18(2)12-13-8-10-16-11-9-13/h4-11,17H,3,12H2,1-2H3. The molecule has 0 radical (unpaired) electrons. The maximum atomic E-state index is 12.7. The van der Waals surface area contributed by atoms with Gasteiger partial charge in [0, 0.05) is 32.5 Å². The van der Waals surface area contributed by atoms with Crippen molar-refractivity contribution >= 4 is 15.7 Å². The summed E-state index contributed by atoms with van der Waals surface area (Å²) in [6.45, 7) is 2.91. The molecule has 112 valence electrons. The van der Waals surface area contributed by atoms with Crippen molar-refractivity contribution in [2.75, 3.05) is 18.9 Å². The molecule has 1 N–H and O–H groups in total. The van der Waals surface area contributed by atoms with E-state index in [2.05, 4.69) is 10.3 Å². The Hall–Kier alpha value is -1.92. The van der Waals surface area contributed by atoms with Gasteiger partial charge in [0.05, 0.1) is 5.69 Å². The Balaban J connectivity index is 2.29. The largest absolute Gasteiger partial charge is 0.384 e. The maximum Gasteiger partial charge on any atom is 0.245 e. The highest BCUT2D eigenvalue weighted by Crippen LogP contribution is 2.24. The van der Waals surface area contributed by atoms with E-state index in [1.54, 1.807) is 37.6 Å². The Morgan fingerprint density at radius 2 is 1.81 bits per heavy atom. The van der Waals surface area contributed by atoms with E-state index >= 15 is 0 Å². The molecule has 2 aromatic rings. The molecule has 2 rings (SSSR count). The van der Waals surface area contributed by atoms with E-state index in [1.165, 1.54) is 4.31 Å². The molecular formula is C15H19N3O2S. The molecule has 1 heterocycles. The van der Waals surface area contributed by atoms with Gasteiger partial charge in [0.25, 0.3) is 0 Å². The summed E-state index contributed by atoms with van der Waals surface area (Å²) >= 11 is 0. The maximum absolute atomic E-state index is 12.7. The van der Waals surface area contributed by atoms with Gasteiger partial charge in [-0.1, -0.05) is 12.1 Å². The first-order chi connectivity index (χ1) is 10.1. The topological polar surface area (TPSA) is 62.3 Å². The smallest absolute Gasteiger partial charge is 0.245 e. The number of aromatic nitrogens is 1. The van der Waals surface area contributed by atoms with Gasteiger partial charge in [-0.3, -0.25) is 4.98 Å². The normalized spacial score (nSPS) is 11.6. The average Bonchev–Trinajstić information content (AvgIpc) is 2.49. The van der Waals surface area contributed by atoms with E-state index in [0.717, 1.165) is 5.56 Å². The van der Waals surface area contributed by atoms with Crippen molar-refractivity contribution in [3.8, 4) is 0 Å². The van der Waals surface area contributed by atoms with Crippen LogP contribution in [0, 0.1) is 0 Å². The minimum Gasteiger partial charge on any atom is -0.384 e. The molecular weight excluding hydrogens is 286 g/mol. The quantitative estimate of drug-likeness (QED) is 0.890. The van der Waals surface area contributed by atoms with Gasteiger partial charge in [-0.2, -0.15) is 4.31 Å². The molecule has 0 saturated heterocycles. The molecule has 0 saturated carbocycles. The lowest BCUT2D eigenvalue weighted by atomic mass is 10.3. The molecule has 0 aliphatic carbocycles. The second kappa shape index (κ2) is 6.69. The molecule has 1 aromatic heterocycles. The number of nitrogens with zero attached hydrogens (tertiary/aromatic N) is 2. The molecule has 0 atom stereocenters. The zero-order valence-corrected chi connectivity index (χ0v) is 13.0. The van der Waals surface area contributed by atoms with Crippen molar-refractivity contribution in [2.45, 2.75) is 18.4 Å². The number of anilines is 1. The number of pyridine rings is 1. The SMILES string of the molecule is CCNc1ccccc1S(=O)(=O)N(C)Cc1ccncc1. The molecule has 0 bridgehead atoms. The highest BCUT2D eigenvalue weighted by atomic mass is 32.2. The molecule has 0 aliphatic rings. The second-order valence-electron chi connectivity index (χ2n) is 4.64. The summed E-state index contributed by atoms with van der Waals surface area (Å²) in [4.78, 5) is 4.23. The van der Waals surface area contributed by atoms with E-state index in [-0.39, 0.29) is 0 Å². The van der Waals surface area contributed by atoms with Gasteiger partial charge in [-0.15, -0.1) is 0 Å². The van der Waals surface area contributed by atoms with Gasteiger partial charge in [0.2, 0.25) is 10.0 Å². The van der Waals surface area contributed by atoms with Crippen LogP contribution in [-0.4, -0.2) is 31.3 Å².